The van der Waals surface area contributed by atoms with Crippen LogP contribution in [0.4, 0.5) is 0 Å². The fourth-order valence-electron chi connectivity index (χ4n) is 3.31. The molecule has 1 aromatic rings. The molecule has 0 aromatic heterocycles. The maximum atomic E-state index is 4.74. The van der Waals surface area contributed by atoms with Gasteiger partial charge in [0.25, 0.3) is 0 Å². The Hall–Kier alpha value is -1.87. The molecule has 0 saturated carbocycles. The van der Waals surface area contributed by atoms with Gasteiger partial charge in [-0.15, -0.1) is 0 Å². The summed E-state index contributed by atoms with van der Waals surface area (Å²) in [5.74, 6) is 0. The molecular weight excluding hydrogens is 282 g/mol. The molecule has 0 bridgehead atoms. The van der Waals surface area contributed by atoms with Gasteiger partial charge in [-0.2, -0.15) is 0 Å². The van der Waals surface area contributed by atoms with Crippen molar-refractivity contribution in [2.24, 2.45) is 0 Å². The molecule has 0 saturated heterocycles. The molecule has 3 heteroatoms. The number of benzene rings is 1. The highest BCUT2D eigenvalue weighted by Crippen LogP contribution is 2.33. The predicted octanol–water partition coefficient (Wildman–Crippen LogP) is 4.33. The van der Waals surface area contributed by atoms with Crippen LogP contribution in [0.15, 0.2) is 36.5 Å². The second-order valence-corrected chi connectivity index (χ2v) is 7.56. The van der Waals surface area contributed by atoms with Crippen LogP contribution in [0.2, 0.25) is 0 Å². The van der Waals surface area contributed by atoms with E-state index in [4.69, 9.17) is 4.98 Å². The van der Waals surface area contributed by atoms with E-state index in [2.05, 4.69) is 69.2 Å². The normalized spacial score (nSPS) is 12.3. The number of rotatable bonds is 6. The third-order valence-electron chi connectivity index (χ3n) is 4.60. The smallest absolute Gasteiger partial charge is 0.0780 e. The first-order valence-corrected chi connectivity index (χ1v) is 8.60. The highest BCUT2D eigenvalue weighted by molar-refractivity contribution is 5.98. The van der Waals surface area contributed by atoms with Crippen LogP contribution in [0.25, 0.3) is 22.2 Å². The van der Waals surface area contributed by atoms with Crippen molar-refractivity contribution in [3.8, 4) is 11.3 Å². The van der Waals surface area contributed by atoms with E-state index in [1.165, 1.54) is 42.5 Å². The summed E-state index contributed by atoms with van der Waals surface area (Å²) in [6.45, 7) is 4.57. The van der Waals surface area contributed by atoms with Crippen LogP contribution in [0.5, 0.6) is 0 Å². The van der Waals surface area contributed by atoms with E-state index in [-0.39, 0.29) is 0 Å². The summed E-state index contributed by atoms with van der Waals surface area (Å²) in [6.07, 6.45) is 6.03. The summed E-state index contributed by atoms with van der Waals surface area (Å²) >= 11 is 0. The summed E-state index contributed by atoms with van der Waals surface area (Å²) in [4.78, 5) is 4.74. The first-order chi connectivity index (χ1) is 11.0. The zero-order chi connectivity index (χ0) is 16.4. The van der Waals surface area contributed by atoms with Crippen molar-refractivity contribution in [1.82, 2.24) is 9.55 Å². The lowest BCUT2D eigenvalue weighted by Gasteiger charge is -2.23. The molecule has 0 amide bonds. The number of aromatic nitrogens is 2. The number of unbranched alkanes of at least 4 members (excludes halogenated alkanes) is 2. The number of aryl methyl sites for hydroxylation is 1. The minimum Gasteiger partial charge on any atom is -0.351 e. The first-order valence-electron chi connectivity index (χ1n) is 8.60. The van der Waals surface area contributed by atoms with Gasteiger partial charge >= 0.3 is 0 Å². The van der Waals surface area contributed by atoms with Gasteiger partial charge in [-0.05, 0) is 38.3 Å². The lowest BCUT2D eigenvalue weighted by Crippen LogP contribution is -2.35. The van der Waals surface area contributed by atoms with Gasteiger partial charge in [0.15, 0.2) is 0 Å². The molecule has 0 unspecified atom stereocenters. The highest BCUT2D eigenvalue weighted by atomic mass is 15.3. The van der Waals surface area contributed by atoms with Gasteiger partial charge in [-0.25, -0.2) is 4.98 Å². The van der Waals surface area contributed by atoms with Crippen LogP contribution < -0.4 is 0 Å². The highest BCUT2D eigenvalue weighted by Gasteiger charge is 2.15. The maximum absolute atomic E-state index is 4.74. The zero-order valence-corrected chi connectivity index (χ0v) is 14.8. The molecule has 0 spiro atoms. The average Bonchev–Trinajstić information content (AvgIpc) is 2.87. The second-order valence-electron chi connectivity index (χ2n) is 7.56. The first kappa shape index (κ1) is 16.0. The van der Waals surface area contributed by atoms with Crippen molar-refractivity contribution < 1.29 is 4.48 Å². The van der Waals surface area contributed by atoms with Crippen LogP contribution in [0.3, 0.4) is 0 Å². The standard InChI is InChI=1S/C20H28N3/c1-16-20-17-10-6-7-11-18(17)21-19(20)12-14-22(16)13-8-5-9-15-23(2,3)4/h6-7,10-12,14H,5,8-9,13,15H2,1-4H3/q+1. The quantitative estimate of drug-likeness (QED) is 0.489. The number of para-hydroxylation sites is 1. The number of nitrogens with zero attached hydrogens (tertiary/aromatic N) is 3. The van der Waals surface area contributed by atoms with E-state index in [1.807, 2.05) is 0 Å². The Balaban J connectivity index is 1.73. The van der Waals surface area contributed by atoms with E-state index in [1.54, 1.807) is 0 Å². The number of quaternary nitrogens is 1. The lowest BCUT2D eigenvalue weighted by molar-refractivity contribution is -0.870. The Morgan fingerprint density at radius 1 is 1.00 bits per heavy atom. The predicted molar refractivity (Wildman–Crippen MR) is 97.8 cm³/mol. The van der Waals surface area contributed by atoms with Crippen LogP contribution in [-0.4, -0.2) is 41.7 Å². The van der Waals surface area contributed by atoms with Gasteiger partial charge < -0.3 is 9.05 Å². The number of pyridine rings is 1. The van der Waals surface area contributed by atoms with Gasteiger partial charge in [-0.1, -0.05) is 18.2 Å². The molecule has 0 N–H and O–H groups in total. The van der Waals surface area contributed by atoms with Gasteiger partial charge in [0.1, 0.15) is 0 Å². The second kappa shape index (κ2) is 6.32. The van der Waals surface area contributed by atoms with Gasteiger partial charge in [0.2, 0.25) is 0 Å². The van der Waals surface area contributed by atoms with Crippen molar-refractivity contribution in [2.75, 3.05) is 27.7 Å². The number of hydrogen-bond donors (Lipinski definition) is 0. The fraction of sp³-hybridized carbons (Fsp3) is 0.450. The van der Waals surface area contributed by atoms with Crippen molar-refractivity contribution in [1.29, 1.82) is 0 Å². The zero-order valence-electron chi connectivity index (χ0n) is 14.8. The Morgan fingerprint density at radius 3 is 2.57 bits per heavy atom. The molecule has 0 radical (unpaired) electrons. The van der Waals surface area contributed by atoms with Crippen LogP contribution in [-0.2, 0) is 6.54 Å². The summed E-state index contributed by atoms with van der Waals surface area (Å²) in [7, 11) is 6.79. The summed E-state index contributed by atoms with van der Waals surface area (Å²) in [5, 5.41) is 1.28. The summed E-state index contributed by atoms with van der Waals surface area (Å²) in [6, 6.07) is 10.6. The van der Waals surface area contributed by atoms with Crippen molar-refractivity contribution in [3.05, 3.63) is 42.2 Å². The number of hydrogen-bond acceptors (Lipinski definition) is 1. The van der Waals surface area contributed by atoms with Crippen molar-refractivity contribution in [3.63, 3.8) is 0 Å². The van der Waals surface area contributed by atoms with Crippen LogP contribution in [0, 0.1) is 6.92 Å². The summed E-state index contributed by atoms with van der Waals surface area (Å²) in [5.41, 5.74) is 4.87. The van der Waals surface area contributed by atoms with Gasteiger partial charge in [0, 0.05) is 29.4 Å². The maximum Gasteiger partial charge on any atom is 0.0780 e. The third kappa shape index (κ3) is 3.56. The SMILES string of the molecule is Cc1c2c3ccccc3nc-2ccn1CCCCC[N+](C)(C)C. The van der Waals surface area contributed by atoms with Crippen LogP contribution in [0.1, 0.15) is 25.0 Å². The third-order valence-corrected chi connectivity index (χ3v) is 4.60. The van der Waals surface area contributed by atoms with Gasteiger partial charge in [-0.3, -0.25) is 0 Å². The Morgan fingerprint density at radius 2 is 1.78 bits per heavy atom. The van der Waals surface area contributed by atoms with Gasteiger partial charge in [0.05, 0.1) is 38.9 Å². The molecule has 3 nitrogen and oxygen atoms in total. The van der Waals surface area contributed by atoms with Crippen molar-refractivity contribution >= 4 is 10.9 Å². The lowest BCUT2D eigenvalue weighted by atomic mass is 10.1. The molecule has 2 aliphatic rings. The van der Waals surface area contributed by atoms with E-state index >= 15 is 0 Å². The minimum absolute atomic E-state index is 1.06. The molecule has 0 fully saturated rings. The molecule has 3 rings (SSSR count). The molecule has 0 aliphatic carbocycles. The molecule has 1 aromatic carbocycles. The van der Waals surface area contributed by atoms with E-state index < -0.39 is 0 Å². The van der Waals surface area contributed by atoms with E-state index in [0.717, 1.165) is 22.2 Å². The Kier molecular flexibility index (Phi) is 4.40. The van der Waals surface area contributed by atoms with Crippen molar-refractivity contribution in [2.45, 2.75) is 32.7 Å². The topological polar surface area (TPSA) is 17.8 Å². The van der Waals surface area contributed by atoms with Crippen LogP contribution >= 0.6 is 0 Å². The fourth-order valence-corrected chi connectivity index (χ4v) is 3.31. The molecule has 23 heavy (non-hydrogen) atoms. The Bertz CT molecular complexity index is 764. The summed E-state index contributed by atoms with van der Waals surface area (Å²) < 4.78 is 3.45. The average molecular weight is 310 g/mol. The Labute approximate surface area is 139 Å². The molecule has 2 heterocycles. The van der Waals surface area contributed by atoms with E-state index in [0.29, 0.717) is 0 Å². The molecule has 2 aliphatic heterocycles. The number of fused-ring (bicyclic) bond motifs is 3. The monoisotopic (exact) mass is 310 g/mol. The minimum atomic E-state index is 1.06. The van der Waals surface area contributed by atoms with E-state index in [9.17, 15) is 0 Å². The largest absolute Gasteiger partial charge is 0.351 e. The molecule has 0 atom stereocenters. The molecular formula is C20H28N3+. The molecule has 122 valence electrons.